The van der Waals surface area contributed by atoms with Crippen LogP contribution in [-0.4, -0.2) is 68.8 Å². The van der Waals surface area contributed by atoms with Crippen LogP contribution in [0.5, 0.6) is 0 Å². The third-order valence-electron chi connectivity index (χ3n) is 3.34. The van der Waals surface area contributed by atoms with E-state index in [4.69, 9.17) is 15.8 Å². The second-order valence-corrected chi connectivity index (χ2v) is 9.64. The van der Waals surface area contributed by atoms with Gasteiger partial charge in [-0.15, -0.1) is 0 Å². The van der Waals surface area contributed by atoms with Crippen molar-refractivity contribution >= 4 is 57.7 Å². The van der Waals surface area contributed by atoms with E-state index >= 15 is 0 Å². The molecule has 246 valence electrons. The zero-order valence-electron chi connectivity index (χ0n) is 22.7. The average Bonchev–Trinajstić information content (AvgIpc) is 3.51. The van der Waals surface area contributed by atoms with Gasteiger partial charge in [-0.1, -0.05) is 63.5 Å². The van der Waals surface area contributed by atoms with Crippen LogP contribution in [0, 0.1) is 81.5 Å². The number of ether oxygens (including phenoxy) is 3. The molecule has 0 bridgehead atoms. The Hall–Kier alpha value is 1.55. The maximum absolute atomic E-state index is 11.2. The number of rotatable bonds is 3. The van der Waals surface area contributed by atoms with E-state index < -0.39 is 24.2 Å². The second-order valence-electron chi connectivity index (χ2n) is 5.98. The third-order valence-corrected chi connectivity index (χ3v) is 4.63. The first kappa shape index (κ1) is 66.1. The van der Waals surface area contributed by atoms with Gasteiger partial charge < -0.3 is 31.2 Å². The summed E-state index contributed by atoms with van der Waals surface area (Å²) in [6.45, 7) is 6.33. The van der Waals surface area contributed by atoms with E-state index in [1.807, 2.05) is 36.9 Å². The Labute approximate surface area is 345 Å². The molecule has 1 heterocycles. The number of benzene rings is 2. The van der Waals surface area contributed by atoms with Crippen LogP contribution in [0.15, 0.2) is 84.9 Å². The molecule has 1 saturated heterocycles. The van der Waals surface area contributed by atoms with Crippen LogP contribution in [0.1, 0.15) is 27.7 Å². The van der Waals surface area contributed by atoms with Crippen molar-refractivity contribution in [2.75, 3.05) is 27.4 Å². The Balaban J connectivity index is -0.0000000439. The van der Waals surface area contributed by atoms with Crippen molar-refractivity contribution in [2.24, 2.45) is 0 Å². The fraction of sp³-hybridized carbons (Fsp3) is 0.385. The van der Waals surface area contributed by atoms with Crippen LogP contribution in [0.25, 0.3) is 0 Å². The Morgan fingerprint density at radius 1 is 0.762 bits per heavy atom. The van der Waals surface area contributed by atoms with Crippen molar-refractivity contribution in [3.8, 4) is 0 Å². The molecule has 0 aliphatic carbocycles. The standard InChI is InChI=1S/C7H10Si.C6H5.C4H8O.2C3H3F3O.CH5ClSi.2CH4.2Ar.BrH.Mg/c1-8-7-5-3-2-4-6-7;1-2-4-6-5-3-1;1-2-4-5-3-1;2*1-7-3(6)2(4)5;1-3-2;;;;;;/h2-6H,8H2,1H3;1-5H;1-4H2;2*1H3;3H2,1H3;2*1H4;;;1H;/q;-1;;;;;;;;;;+2/p-1. The van der Waals surface area contributed by atoms with E-state index in [1.165, 1.54) is 12.8 Å². The van der Waals surface area contributed by atoms with Gasteiger partial charge in [-0.05, 0) is 12.8 Å². The van der Waals surface area contributed by atoms with Crippen molar-refractivity contribution in [2.45, 2.75) is 40.8 Å². The van der Waals surface area contributed by atoms with Crippen molar-refractivity contribution < 1.29 is 133 Å². The summed E-state index contributed by atoms with van der Waals surface area (Å²) in [5.41, 5.74) is 0. The molecular weight excluding hydrogens is 750 g/mol. The van der Waals surface area contributed by atoms with Crippen molar-refractivity contribution in [1.82, 2.24) is 0 Å². The molecule has 2 aromatic carbocycles. The Kier molecular flexibility index (Phi) is 86.5. The molecule has 0 radical (unpaired) electrons. The maximum atomic E-state index is 11.2. The second kappa shape index (κ2) is 55.0. The zero-order chi connectivity index (χ0) is 28.0. The first-order valence-corrected chi connectivity index (χ1v) is 16.5. The van der Waals surface area contributed by atoms with Crippen LogP contribution in [-0.2, 0) is 14.2 Å². The summed E-state index contributed by atoms with van der Waals surface area (Å²) in [7, 11) is 1.64. The van der Waals surface area contributed by atoms with Crippen LogP contribution in [0.2, 0.25) is 13.1 Å². The molecule has 3 rings (SSSR count). The van der Waals surface area contributed by atoms with Gasteiger partial charge in [0.05, 0.1) is 23.7 Å². The topological polar surface area (TPSA) is 27.7 Å². The monoisotopic (exact) mass is 790 g/mol. The van der Waals surface area contributed by atoms with Crippen molar-refractivity contribution in [3.05, 3.63) is 90.9 Å². The van der Waals surface area contributed by atoms with Crippen LogP contribution in [0.3, 0.4) is 0 Å². The van der Waals surface area contributed by atoms with Crippen LogP contribution < -0.4 is 22.2 Å². The fourth-order valence-electron chi connectivity index (χ4n) is 1.72. The number of hydrogen-bond acceptors (Lipinski definition) is 3. The molecule has 0 N–H and O–H groups in total. The normalized spacial score (nSPS) is 9.40. The minimum Gasteiger partial charge on any atom is -1.00 e. The minimum absolute atomic E-state index is 0. The van der Waals surface area contributed by atoms with Gasteiger partial charge in [-0.25, -0.2) is 0 Å². The van der Waals surface area contributed by atoms with E-state index in [1.54, 1.807) is 5.19 Å². The fourth-order valence-corrected chi connectivity index (χ4v) is 2.46. The van der Waals surface area contributed by atoms with Gasteiger partial charge in [0.1, 0.15) is 8.83 Å². The Morgan fingerprint density at radius 2 is 1.10 bits per heavy atom. The molecular formula is C26H42Ar2BrClF6MgO3Si2. The van der Waals surface area contributed by atoms with Crippen LogP contribution in [0.4, 0.5) is 26.3 Å². The predicted octanol–water partition coefficient (Wildman–Crippen LogP) is 4.40. The van der Waals surface area contributed by atoms with E-state index in [-0.39, 0.29) is 149 Å². The molecule has 42 heavy (non-hydrogen) atoms. The molecule has 0 spiro atoms. The summed E-state index contributed by atoms with van der Waals surface area (Å²) in [6, 6.07) is 19.5. The number of methoxy groups -OCH3 is 2. The van der Waals surface area contributed by atoms with E-state index in [9.17, 15) is 26.3 Å². The largest absolute Gasteiger partial charge is 2.00 e. The summed E-state index contributed by atoms with van der Waals surface area (Å²) in [5, 5.41) is 1.55. The Bertz CT molecular complexity index is 729. The SMILES string of the molecule is C.C.C1CCOC1.COC(F)=C(F)F.COC(F)=C(F)F.C[SiH2]Cl.C[SiH2]c1ccccc1.[Ar].[Ar].[Br-].[Mg+2].[c-]1ccccc1. The van der Waals surface area contributed by atoms with E-state index in [0.717, 1.165) is 27.4 Å². The van der Waals surface area contributed by atoms with Gasteiger partial charge in [0.15, 0.2) is 0 Å². The third kappa shape index (κ3) is 57.2. The number of hydrogen-bond donors (Lipinski definition) is 0. The molecule has 1 fully saturated rings. The zero-order valence-corrected chi connectivity index (χ0v) is 30.7. The smallest absolute Gasteiger partial charge is 1.00 e. The van der Waals surface area contributed by atoms with E-state index in [0.29, 0.717) is 0 Å². The average molecular weight is 792 g/mol. The summed E-state index contributed by atoms with van der Waals surface area (Å²) < 4.78 is 77.5. The first-order valence-electron chi connectivity index (χ1n) is 10.8. The molecule has 3 nitrogen and oxygen atoms in total. The van der Waals surface area contributed by atoms with Gasteiger partial charge in [0, 0.05) is 88.7 Å². The molecule has 16 heteroatoms. The van der Waals surface area contributed by atoms with Gasteiger partial charge >= 0.3 is 47.2 Å². The van der Waals surface area contributed by atoms with Gasteiger partial charge in [-0.2, -0.15) is 73.8 Å². The van der Waals surface area contributed by atoms with Crippen molar-refractivity contribution in [1.29, 1.82) is 0 Å². The quantitative estimate of drug-likeness (QED) is 0.152. The van der Waals surface area contributed by atoms with Gasteiger partial charge in [0.2, 0.25) is 0 Å². The minimum atomic E-state index is -2.43. The molecule has 0 aromatic heterocycles. The number of halogens is 8. The van der Waals surface area contributed by atoms with Gasteiger partial charge in [-0.3, -0.25) is 0 Å². The molecule has 0 saturated carbocycles. The van der Waals surface area contributed by atoms with Gasteiger partial charge in [0.25, 0.3) is 0 Å². The molecule has 0 atom stereocenters. The molecule has 0 unspecified atom stereocenters. The van der Waals surface area contributed by atoms with Crippen molar-refractivity contribution in [3.63, 3.8) is 0 Å². The molecule has 1 aliphatic heterocycles. The van der Waals surface area contributed by atoms with Crippen LogP contribution >= 0.6 is 11.1 Å². The molecule has 2 aromatic rings. The van der Waals surface area contributed by atoms with E-state index in [2.05, 4.69) is 52.4 Å². The summed E-state index contributed by atoms with van der Waals surface area (Å²) in [4.78, 5) is 0. The Morgan fingerprint density at radius 3 is 1.21 bits per heavy atom. The predicted molar refractivity (Wildman–Crippen MR) is 160 cm³/mol. The summed E-state index contributed by atoms with van der Waals surface area (Å²) >= 11 is 5.14. The maximum Gasteiger partial charge on any atom is 2.00 e. The first-order chi connectivity index (χ1) is 17.2. The summed E-state index contributed by atoms with van der Waals surface area (Å²) in [6.07, 6.45) is -2.30. The molecule has 0 amide bonds. The summed E-state index contributed by atoms with van der Waals surface area (Å²) in [5.74, 6) is 0. The molecule has 1 aliphatic rings.